The van der Waals surface area contributed by atoms with Gasteiger partial charge in [0, 0.05) is 11.3 Å². The summed E-state index contributed by atoms with van der Waals surface area (Å²) in [6, 6.07) is 30.0. The number of carbonyl (C=O) groups excluding carboxylic acids is 3. The predicted molar refractivity (Wildman–Crippen MR) is 140 cm³/mol. The second-order valence-corrected chi connectivity index (χ2v) is 8.26. The maximum atomic E-state index is 13.1. The van der Waals surface area contributed by atoms with Gasteiger partial charge in [-0.3, -0.25) is 19.3 Å². The van der Waals surface area contributed by atoms with Crippen molar-refractivity contribution < 1.29 is 23.9 Å². The largest absolute Gasteiger partial charge is 0.484 e. The Morgan fingerprint density at radius 2 is 1.43 bits per heavy atom. The highest BCUT2D eigenvalue weighted by atomic mass is 16.5. The minimum atomic E-state index is -0.342. The summed E-state index contributed by atoms with van der Waals surface area (Å²) in [6.07, 6.45) is 0. The van der Waals surface area contributed by atoms with E-state index in [9.17, 15) is 14.4 Å². The Hall–Kier alpha value is -5.11. The highest BCUT2D eigenvalue weighted by molar-refractivity contribution is 6.15. The number of carbonyl (C=O) groups is 3. The monoisotopic (exact) mass is 493 g/mol. The molecule has 8 nitrogen and oxygen atoms in total. The van der Waals surface area contributed by atoms with Gasteiger partial charge in [0.25, 0.3) is 11.8 Å². The summed E-state index contributed by atoms with van der Waals surface area (Å²) in [5.74, 6) is 1.02. The van der Waals surface area contributed by atoms with Gasteiger partial charge >= 0.3 is 0 Å². The van der Waals surface area contributed by atoms with Gasteiger partial charge in [-0.05, 0) is 72.8 Å². The molecule has 3 amide bonds. The van der Waals surface area contributed by atoms with E-state index < -0.39 is 0 Å². The zero-order chi connectivity index (χ0) is 25.6. The molecule has 0 atom stereocenters. The van der Waals surface area contributed by atoms with Gasteiger partial charge in [0.05, 0.1) is 11.4 Å². The Morgan fingerprint density at radius 1 is 0.784 bits per heavy atom. The molecule has 0 aliphatic carbocycles. The summed E-state index contributed by atoms with van der Waals surface area (Å²) < 4.78 is 11.3. The summed E-state index contributed by atoms with van der Waals surface area (Å²) in [7, 11) is 0. The SMILES string of the molecule is O=C(COc1ccc(Oc2ccccc2)cc1)Nc1ccc(C(=O)N2CC(=O)Nc3ccccc32)cc1. The van der Waals surface area contributed by atoms with Crippen LogP contribution < -0.4 is 25.0 Å². The van der Waals surface area contributed by atoms with Crippen molar-refractivity contribution in [2.75, 3.05) is 28.7 Å². The third kappa shape index (κ3) is 5.76. The van der Waals surface area contributed by atoms with Crippen molar-refractivity contribution in [3.05, 3.63) is 109 Å². The Bertz CT molecular complexity index is 1420. The molecule has 1 heterocycles. The lowest BCUT2D eigenvalue weighted by molar-refractivity contribution is -0.118. The highest BCUT2D eigenvalue weighted by Gasteiger charge is 2.27. The van der Waals surface area contributed by atoms with E-state index in [4.69, 9.17) is 9.47 Å². The third-order valence-corrected chi connectivity index (χ3v) is 5.60. The van der Waals surface area contributed by atoms with Crippen LogP contribution in [-0.4, -0.2) is 30.9 Å². The Kier molecular flexibility index (Phi) is 6.80. The van der Waals surface area contributed by atoms with E-state index in [0.717, 1.165) is 5.75 Å². The molecule has 4 aromatic carbocycles. The molecule has 37 heavy (non-hydrogen) atoms. The predicted octanol–water partition coefficient (Wildman–Crippen LogP) is 5.10. The zero-order valence-corrected chi connectivity index (χ0v) is 19.7. The van der Waals surface area contributed by atoms with Crippen molar-refractivity contribution >= 4 is 34.8 Å². The number of hydrogen-bond acceptors (Lipinski definition) is 5. The van der Waals surface area contributed by atoms with Gasteiger partial charge in [0.1, 0.15) is 23.8 Å². The number of fused-ring (bicyclic) bond motifs is 1. The van der Waals surface area contributed by atoms with Crippen molar-refractivity contribution in [2.24, 2.45) is 0 Å². The molecule has 1 aliphatic heterocycles. The van der Waals surface area contributed by atoms with Crippen molar-refractivity contribution in [2.45, 2.75) is 0 Å². The van der Waals surface area contributed by atoms with Gasteiger partial charge in [0.15, 0.2) is 6.61 Å². The fourth-order valence-corrected chi connectivity index (χ4v) is 3.84. The van der Waals surface area contributed by atoms with Crippen LogP contribution in [0.5, 0.6) is 17.2 Å². The van der Waals surface area contributed by atoms with Gasteiger partial charge in [0.2, 0.25) is 5.91 Å². The van der Waals surface area contributed by atoms with Crippen molar-refractivity contribution in [3.63, 3.8) is 0 Å². The summed E-state index contributed by atoms with van der Waals surface area (Å²) in [6.45, 7) is -0.246. The molecule has 4 aromatic rings. The molecule has 0 aromatic heterocycles. The van der Waals surface area contributed by atoms with Gasteiger partial charge in [-0.2, -0.15) is 0 Å². The quantitative estimate of drug-likeness (QED) is 0.374. The molecule has 184 valence electrons. The number of hydrogen-bond donors (Lipinski definition) is 2. The topological polar surface area (TPSA) is 97.0 Å². The van der Waals surface area contributed by atoms with Crippen molar-refractivity contribution in [1.82, 2.24) is 0 Å². The van der Waals surface area contributed by atoms with E-state index in [1.807, 2.05) is 36.4 Å². The molecule has 8 heteroatoms. The molecule has 0 spiro atoms. The van der Waals surface area contributed by atoms with Crippen LogP contribution in [0.25, 0.3) is 0 Å². The number of rotatable bonds is 7. The molecule has 1 aliphatic rings. The van der Waals surface area contributed by atoms with Crippen LogP contribution in [0, 0.1) is 0 Å². The molecule has 0 saturated carbocycles. The molecule has 0 radical (unpaired) electrons. The van der Waals surface area contributed by atoms with Crippen LogP contribution in [0.3, 0.4) is 0 Å². The van der Waals surface area contributed by atoms with Crippen LogP contribution in [-0.2, 0) is 9.59 Å². The molecular weight excluding hydrogens is 470 g/mol. The second-order valence-electron chi connectivity index (χ2n) is 8.26. The molecule has 0 saturated heterocycles. The number of benzene rings is 4. The minimum Gasteiger partial charge on any atom is -0.484 e. The lowest BCUT2D eigenvalue weighted by Crippen LogP contribution is -2.42. The third-order valence-electron chi connectivity index (χ3n) is 5.60. The first-order valence-electron chi connectivity index (χ1n) is 11.6. The standard InChI is InChI=1S/C29H23N3O5/c33-27-18-32(26-9-5-4-8-25(26)31-27)29(35)20-10-12-21(13-11-20)30-28(34)19-36-22-14-16-24(17-15-22)37-23-6-2-1-3-7-23/h1-17H,18-19H2,(H,30,34)(H,31,33). The average molecular weight is 494 g/mol. The molecule has 2 N–H and O–H groups in total. The number of ether oxygens (including phenoxy) is 2. The first-order valence-corrected chi connectivity index (χ1v) is 11.6. The fourth-order valence-electron chi connectivity index (χ4n) is 3.84. The Morgan fingerprint density at radius 3 is 2.19 bits per heavy atom. The fraction of sp³-hybridized carbons (Fsp3) is 0.0690. The van der Waals surface area contributed by atoms with E-state index >= 15 is 0 Å². The Labute approximate surface area is 213 Å². The van der Waals surface area contributed by atoms with Crippen LogP contribution in [0.1, 0.15) is 10.4 Å². The van der Waals surface area contributed by atoms with Gasteiger partial charge in [-0.15, -0.1) is 0 Å². The zero-order valence-electron chi connectivity index (χ0n) is 19.7. The van der Waals surface area contributed by atoms with E-state index in [1.165, 1.54) is 4.90 Å². The lowest BCUT2D eigenvalue weighted by Gasteiger charge is -2.29. The van der Waals surface area contributed by atoms with E-state index in [0.29, 0.717) is 34.1 Å². The Balaban J connectivity index is 1.14. The molecular formula is C29H23N3O5. The molecule has 0 bridgehead atoms. The van der Waals surface area contributed by atoms with E-state index in [-0.39, 0.29) is 30.9 Å². The van der Waals surface area contributed by atoms with Crippen molar-refractivity contribution in [3.8, 4) is 17.2 Å². The number of para-hydroxylation sites is 3. The minimum absolute atomic E-state index is 0.0645. The summed E-state index contributed by atoms with van der Waals surface area (Å²) in [5.41, 5.74) is 2.15. The number of amides is 3. The van der Waals surface area contributed by atoms with Gasteiger partial charge in [-0.1, -0.05) is 30.3 Å². The smallest absolute Gasteiger partial charge is 0.262 e. The van der Waals surface area contributed by atoms with E-state index in [2.05, 4.69) is 10.6 Å². The average Bonchev–Trinajstić information content (AvgIpc) is 2.93. The number of nitrogens with one attached hydrogen (secondary N) is 2. The van der Waals surface area contributed by atoms with E-state index in [1.54, 1.807) is 66.7 Å². The van der Waals surface area contributed by atoms with Gasteiger partial charge < -0.3 is 20.1 Å². The summed E-state index contributed by atoms with van der Waals surface area (Å²) >= 11 is 0. The maximum absolute atomic E-state index is 13.1. The molecule has 0 fully saturated rings. The maximum Gasteiger partial charge on any atom is 0.262 e. The first kappa shape index (κ1) is 23.6. The van der Waals surface area contributed by atoms with Crippen LogP contribution in [0.4, 0.5) is 17.1 Å². The summed E-state index contributed by atoms with van der Waals surface area (Å²) in [4.78, 5) is 38.9. The highest BCUT2D eigenvalue weighted by Crippen LogP contribution is 2.30. The van der Waals surface area contributed by atoms with Crippen molar-refractivity contribution in [1.29, 1.82) is 0 Å². The second kappa shape index (κ2) is 10.7. The molecule has 5 rings (SSSR count). The van der Waals surface area contributed by atoms with Gasteiger partial charge in [-0.25, -0.2) is 0 Å². The summed E-state index contributed by atoms with van der Waals surface area (Å²) in [5, 5.41) is 5.51. The molecule has 0 unspecified atom stereocenters. The number of anilines is 3. The normalized spacial score (nSPS) is 12.2. The first-order chi connectivity index (χ1) is 18.0. The number of nitrogens with zero attached hydrogens (tertiary/aromatic N) is 1. The van der Waals surface area contributed by atoms with Crippen LogP contribution in [0.2, 0.25) is 0 Å². The van der Waals surface area contributed by atoms with Crippen LogP contribution in [0.15, 0.2) is 103 Å². The lowest BCUT2D eigenvalue weighted by atomic mass is 10.1. The van der Waals surface area contributed by atoms with Crippen LogP contribution >= 0.6 is 0 Å².